The van der Waals surface area contributed by atoms with Gasteiger partial charge in [-0.05, 0) is 66.8 Å². The first-order valence-corrected chi connectivity index (χ1v) is 6.99. The monoisotopic (exact) mass is 394 g/mol. The lowest BCUT2D eigenvalue weighted by Crippen LogP contribution is -2.17. The SMILES string of the molecule is Cc1ccc(S(=O)(=O)C(Br)(Br)Br)o1. The van der Waals surface area contributed by atoms with E-state index in [9.17, 15) is 8.42 Å². The van der Waals surface area contributed by atoms with Gasteiger partial charge in [-0.2, -0.15) is 0 Å². The first-order chi connectivity index (χ1) is 5.75. The first kappa shape index (κ1) is 11.7. The molecule has 7 heteroatoms. The summed E-state index contributed by atoms with van der Waals surface area (Å²) in [5.74, 6) is 0.551. The number of furan rings is 1. The van der Waals surface area contributed by atoms with Crippen LogP contribution in [-0.4, -0.2) is 9.89 Å². The van der Waals surface area contributed by atoms with Crippen LogP contribution >= 0.6 is 47.8 Å². The molecule has 0 unspecified atom stereocenters. The fourth-order valence-electron chi connectivity index (χ4n) is 0.671. The summed E-state index contributed by atoms with van der Waals surface area (Å²) in [7, 11) is -3.57. The van der Waals surface area contributed by atoms with Crippen molar-refractivity contribution in [1.82, 2.24) is 0 Å². The highest BCUT2D eigenvalue weighted by atomic mass is 80.0. The summed E-state index contributed by atoms with van der Waals surface area (Å²) in [6, 6.07) is 2.99. The average molecular weight is 397 g/mol. The highest BCUT2D eigenvalue weighted by molar-refractivity contribution is 9.42. The van der Waals surface area contributed by atoms with E-state index in [1.807, 2.05) is 0 Å². The third-order valence-electron chi connectivity index (χ3n) is 1.29. The first-order valence-electron chi connectivity index (χ1n) is 3.13. The molecule has 0 aliphatic carbocycles. The van der Waals surface area contributed by atoms with E-state index in [0.29, 0.717) is 5.76 Å². The molecule has 0 aliphatic rings. The van der Waals surface area contributed by atoms with Crippen LogP contribution in [-0.2, 0) is 9.84 Å². The van der Waals surface area contributed by atoms with Gasteiger partial charge in [0.1, 0.15) is 5.76 Å². The van der Waals surface area contributed by atoms with Crippen molar-refractivity contribution in [2.24, 2.45) is 0 Å². The van der Waals surface area contributed by atoms with E-state index < -0.39 is 11.3 Å². The lowest BCUT2D eigenvalue weighted by Gasteiger charge is -2.10. The minimum Gasteiger partial charge on any atom is -0.450 e. The predicted molar refractivity (Wildman–Crippen MR) is 60.1 cm³/mol. The molecule has 0 fully saturated rings. The lowest BCUT2D eigenvalue weighted by molar-refractivity contribution is 0.429. The van der Waals surface area contributed by atoms with Crippen molar-refractivity contribution < 1.29 is 12.8 Å². The minimum absolute atomic E-state index is 0.0874. The third kappa shape index (κ3) is 2.37. The zero-order valence-corrected chi connectivity index (χ0v) is 12.0. The molecule has 74 valence electrons. The lowest BCUT2D eigenvalue weighted by atomic mass is 10.5. The van der Waals surface area contributed by atoms with E-state index in [1.54, 1.807) is 13.0 Å². The quantitative estimate of drug-likeness (QED) is 0.685. The van der Waals surface area contributed by atoms with Crippen molar-refractivity contribution in [2.75, 3.05) is 0 Å². The molecule has 0 radical (unpaired) electrons. The van der Waals surface area contributed by atoms with Crippen molar-refractivity contribution >= 4 is 57.6 Å². The van der Waals surface area contributed by atoms with Crippen LogP contribution < -0.4 is 0 Å². The molecule has 0 aromatic carbocycles. The van der Waals surface area contributed by atoms with Gasteiger partial charge in [-0.3, -0.25) is 0 Å². The van der Waals surface area contributed by atoms with Crippen LogP contribution in [0.4, 0.5) is 0 Å². The fourth-order valence-corrected chi connectivity index (χ4v) is 2.82. The highest BCUT2D eigenvalue weighted by Gasteiger charge is 2.39. The van der Waals surface area contributed by atoms with Gasteiger partial charge < -0.3 is 4.42 Å². The van der Waals surface area contributed by atoms with Gasteiger partial charge in [0.25, 0.3) is 0 Å². The van der Waals surface area contributed by atoms with Gasteiger partial charge in [0.2, 0.25) is 16.4 Å². The van der Waals surface area contributed by atoms with Crippen molar-refractivity contribution in [1.29, 1.82) is 0 Å². The number of sulfone groups is 1. The Morgan fingerprint density at radius 1 is 1.31 bits per heavy atom. The Balaban J connectivity index is 3.24. The van der Waals surface area contributed by atoms with Gasteiger partial charge in [-0.15, -0.1) is 0 Å². The summed E-state index contributed by atoms with van der Waals surface area (Å²) in [6.45, 7) is 1.68. The molecule has 0 saturated carbocycles. The summed E-state index contributed by atoms with van der Waals surface area (Å²) in [4.78, 5) is 0. The molecule has 0 amide bonds. The fraction of sp³-hybridized carbons (Fsp3) is 0.333. The van der Waals surface area contributed by atoms with Crippen LogP contribution in [0.5, 0.6) is 0 Å². The Labute approximate surface area is 101 Å². The van der Waals surface area contributed by atoms with E-state index in [1.165, 1.54) is 6.07 Å². The van der Waals surface area contributed by atoms with Gasteiger partial charge in [-0.1, -0.05) is 0 Å². The number of hydrogen-bond acceptors (Lipinski definition) is 3. The number of rotatable bonds is 1. The number of hydrogen-bond donors (Lipinski definition) is 0. The molecule has 0 aliphatic heterocycles. The Bertz CT molecular complexity index is 401. The van der Waals surface area contributed by atoms with Crippen LogP contribution in [0.3, 0.4) is 0 Å². The van der Waals surface area contributed by atoms with Gasteiger partial charge >= 0.3 is 0 Å². The summed E-state index contributed by atoms with van der Waals surface area (Å²) in [6.07, 6.45) is 0. The van der Waals surface area contributed by atoms with Gasteiger partial charge in [0, 0.05) is 0 Å². The standard InChI is InChI=1S/C6H5Br3O3S/c1-4-2-3-5(12-4)13(10,11)6(7,8)9/h2-3H,1H3. The largest absolute Gasteiger partial charge is 0.450 e. The van der Waals surface area contributed by atoms with Crippen LogP contribution in [0.15, 0.2) is 21.6 Å². The molecule has 1 rings (SSSR count). The average Bonchev–Trinajstić information content (AvgIpc) is 2.33. The molecule has 1 aromatic rings. The van der Waals surface area contributed by atoms with E-state index in [-0.39, 0.29) is 5.09 Å². The van der Waals surface area contributed by atoms with E-state index >= 15 is 0 Å². The zero-order valence-electron chi connectivity index (χ0n) is 6.42. The Morgan fingerprint density at radius 3 is 2.15 bits per heavy atom. The number of halogens is 3. The highest BCUT2D eigenvalue weighted by Crippen LogP contribution is 2.43. The van der Waals surface area contributed by atoms with Crippen LogP contribution in [0.1, 0.15) is 5.76 Å². The molecule has 1 aromatic heterocycles. The van der Waals surface area contributed by atoms with Crippen molar-refractivity contribution in [3.8, 4) is 0 Å². The Hall–Kier alpha value is 0.670. The zero-order chi connectivity index (χ0) is 10.3. The minimum atomic E-state index is -3.57. The van der Waals surface area contributed by atoms with Crippen LogP contribution in [0.25, 0.3) is 0 Å². The maximum Gasteiger partial charge on any atom is 0.247 e. The summed E-state index contributed by atoms with van der Waals surface area (Å²) >= 11 is 8.79. The molecule has 0 saturated heterocycles. The smallest absolute Gasteiger partial charge is 0.247 e. The van der Waals surface area contributed by atoms with E-state index in [0.717, 1.165) is 0 Å². The molecular weight excluding hydrogens is 392 g/mol. The summed E-state index contributed by atoms with van der Waals surface area (Å²) in [5, 5.41) is -0.0874. The molecule has 3 nitrogen and oxygen atoms in total. The molecule has 0 bridgehead atoms. The second kappa shape index (κ2) is 3.67. The number of aryl methyl sites for hydroxylation is 1. The maximum absolute atomic E-state index is 11.6. The summed E-state index contributed by atoms with van der Waals surface area (Å²) in [5.41, 5.74) is 0. The van der Waals surface area contributed by atoms with E-state index in [4.69, 9.17) is 4.42 Å². The molecule has 13 heavy (non-hydrogen) atoms. The van der Waals surface area contributed by atoms with Gasteiger partial charge in [-0.25, -0.2) is 8.42 Å². The Kier molecular flexibility index (Phi) is 3.32. The second-order valence-electron chi connectivity index (χ2n) is 2.31. The van der Waals surface area contributed by atoms with Crippen molar-refractivity contribution in [2.45, 2.75) is 13.5 Å². The normalized spacial score (nSPS) is 13.2. The predicted octanol–water partition coefficient (Wildman–Crippen LogP) is 3.16. The molecule has 0 atom stereocenters. The van der Waals surface area contributed by atoms with E-state index in [2.05, 4.69) is 47.8 Å². The third-order valence-corrected chi connectivity index (χ3v) is 6.48. The topological polar surface area (TPSA) is 47.3 Å². The number of alkyl halides is 3. The second-order valence-corrected chi connectivity index (χ2v) is 12.7. The molecule has 0 N–H and O–H groups in total. The molecular formula is C6H5Br3O3S. The van der Waals surface area contributed by atoms with Gasteiger partial charge in [0.15, 0.2) is 0 Å². The van der Waals surface area contributed by atoms with Crippen molar-refractivity contribution in [3.05, 3.63) is 17.9 Å². The Morgan fingerprint density at radius 2 is 1.85 bits per heavy atom. The summed E-state index contributed by atoms with van der Waals surface area (Å²) < 4.78 is 26.9. The van der Waals surface area contributed by atoms with Gasteiger partial charge in [0.05, 0.1) is 0 Å². The molecule has 1 heterocycles. The van der Waals surface area contributed by atoms with Crippen LogP contribution in [0.2, 0.25) is 0 Å². The van der Waals surface area contributed by atoms with Crippen molar-refractivity contribution in [3.63, 3.8) is 0 Å². The molecule has 0 spiro atoms. The maximum atomic E-state index is 11.6. The van der Waals surface area contributed by atoms with Crippen LogP contribution in [0, 0.1) is 6.92 Å².